The number of hydrogen-bond acceptors (Lipinski definition) is 3. The van der Waals surface area contributed by atoms with E-state index in [1.165, 1.54) is 26.4 Å². The molecule has 0 unspecified atom stereocenters. The van der Waals surface area contributed by atoms with Crippen LogP contribution < -0.4 is 0 Å². The van der Waals surface area contributed by atoms with Crippen LogP contribution >= 0.6 is 0 Å². The van der Waals surface area contributed by atoms with Crippen LogP contribution in [0.2, 0.25) is 0 Å². The van der Waals surface area contributed by atoms with Crippen LogP contribution in [-0.4, -0.2) is 24.3 Å². The quantitative estimate of drug-likeness (QED) is 0.281. The van der Waals surface area contributed by atoms with Crippen LogP contribution in [0.25, 0.3) is 0 Å². The summed E-state index contributed by atoms with van der Waals surface area (Å²) >= 11 is 0. The van der Waals surface area contributed by atoms with E-state index in [4.69, 9.17) is 0 Å². The van der Waals surface area contributed by atoms with Crippen molar-refractivity contribution in [3.63, 3.8) is 0 Å². The average Bonchev–Trinajstić information content (AvgIpc) is 2.52. The van der Waals surface area contributed by atoms with E-state index >= 15 is 0 Å². The highest BCUT2D eigenvalue weighted by atomic mass is 16.5. The maximum atomic E-state index is 10.9. The number of aliphatic hydroxyl groups is 1. The molecule has 0 saturated carbocycles. The number of carbonyl (C=O) groups excluding carboxylic acids is 1. The average molecular weight is 310 g/mol. The standard InChI is InChI=1S/C19H34O3/c1-3-4-5-6-7-9-12-15-18(20)16-13-10-8-11-14-17-19(21)22-2/h7,9,12,15,18,20H,3-6,8,10-11,13-14,16-17H2,1-2H3/b9-7+,15-12+/t18-/m0/s1. The Hall–Kier alpha value is -1.09. The summed E-state index contributed by atoms with van der Waals surface area (Å²) in [4.78, 5) is 10.9. The molecule has 0 aromatic carbocycles. The summed E-state index contributed by atoms with van der Waals surface area (Å²) in [5.74, 6) is -0.122. The molecule has 0 heterocycles. The van der Waals surface area contributed by atoms with Crippen LogP contribution in [0, 0.1) is 0 Å². The zero-order valence-electron chi connectivity index (χ0n) is 14.4. The highest BCUT2D eigenvalue weighted by Crippen LogP contribution is 2.10. The lowest BCUT2D eigenvalue weighted by Crippen LogP contribution is -2.01. The van der Waals surface area contributed by atoms with Gasteiger partial charge in [-0.15, -0.1) is 0 Å². The van der Waals surface area contributed by atoms with Gasteiger partial charge in [0.05, 0.1) is 13.2 Å². The normalized spacial score (nSPS) is 13.0. The van der Waals surface area contributed by atoms with Gasteiger partial charge in [0.15, 0.2) is 0 Å². The number of allylic oxidation sites excluding steroid dienone is 3. The summed E-state index contributed by atoms with van der Waals surface area (Å²) in [6.45, 7) is 2.21. The second-order valence-corrected chi connectivity index (χ2v) is 5.76. The van der Waals surface area contributed by atoms with Crippen molar-refractivity contribution < 1.29 is 14.6 Å². The number of ether oxygens (including phenoxy) is 1. The Morgan fingerprint density at radius 2 is 1.77 bits per heavy atom. The zero-order valence-corrected chi connectivity index (χ0v) is 14.4. The van der Waals surface area contributed by atoms with Crippen molar-refractivity contribution in [3.8, 4) is 0 Å². The van der Waals surface area contributed by atoms with Gasteiger partial charge < -0.3 is 9.84 Å². The monoisotopic (exact) mass is 310 g/mol. The molecule has 0 radical (unpaired) electrons. The molecule has 0 aromatic rings. The number of unbranched alkanes of at least 4 members (excludes halogenated alkanes) is 7. The second kappa shape index (κ2) is 16.3. The SMILES string of the molecule is CCCCC/C=C/C=C/[C@H](O)CCCCCCCC(=O)OC. The van der Waals surface area contributed by atoms with Gasteiger partial charge in [0.2, 0.25) is 0 Å². The van der Waals surface area contributed by atoms with Gasteiger partial charge in [-0.05, 0) is 25.7 Å². The minimum atomic E-state index is -0.338. The van der Waals surface area contributed by atoms with E-state index in [0.717, 1.165) is 44.9 Å². The number of aliphatic hydroxyl groups excluding tert-OH is 1. The molecular formula is C19H34O3. The number of esters is 1. The maximum Gasteiger partial charge on any atom is 0.305 e. The molecule has 0 spiro atoms. The molecule has 0 aliphatic heterocycles. The molecular weight excluding hydrogens is 276 g/mol. The fourth-order valence-electron chi connectivity index (χ4n) is 2.23. The summed E-state index contributed by atoms with van der Waals surface area (Å²) in [6.07, 6.45) is 19.2. The van der Waals surface area contributed by atoms with Gasteiger partial charge >= 0.3 is 5.97 Å². The Morgan fingerprint density at radius 1 is 1.05 bits per heavy atom. The summed E-state index contributed by atoms with van der Waals surface area (Å²) < 4.78 is 4.60. The van der Waals surface area contributed by atoms with Crippen molar-refractivity contribution in [2.24, 2.45) is 0 Å². The first-order valence-corrected chi connectivity index (χ1v) is 8.79. The topological polar surface area (TPSA) is 46.5 Å². The molecule has 0 saturated heterocycles. The molecule has 128 valence electrons. The van der Waals surface area contributed by atoms with Crippen LogP contribution in [0.4, 0.5) is 0 Å². The third kappa shape index (κ3) is 15.3. The minimum absolute atomic E-state index is 0.122. The predicted octanol–water partition coefficient (Wildman–Crippen LogP) is 4.94. The van der Waals surface area contributed by atoms with Crippen molar-refractivity contribution in [1.29, 1.82) is 0 Å². The molecule has 0 aromatic heterocycles. The zero-order chi connectivity index (χ0) is 16.5. The fourth-order valence-corrected chi connectivity index (χ4v) is 2.23. The van der Waals surface area contributed by atoms with Crippen molar-refractivity contribution >= 4 is 5.97 Å². The number of rotatable bonds is 14. The van der Waals surface area contributed by atoms with Gasteiger partial charge in [-0.25, -0.2) is 0 Å². The number of methoxy groups -OCH3 is 1. The summed E-state index contributed by atoms with van der Waals surface area (Å²) in [5.41, 5.74) is 0. The molecule has 0 aliphatic carbocycles. The third-order valence-electron chi connectivity index (χ3n) is 3.66. The first-order chi connectivity index (χ1) is 10.7. The molecule has 0 amide bonds. The van der Waals surface area contributed by atoms with Crippen molar-refractivity contribution in [2.75, 3.05) is 7.11 Å². The van der Waals surface area contributed by atoms with E-state index in [9.17, 15) is 9.90 Å². The van der Waals surface area contributed by atoms with Gasteiger partial charge in [-0.2, -0.15) is 0 Å². The molecule has 1 atom stereocenters. The Labute approximate surface area is 136 Å². The highest BCUT2D eigenvalue weighted by molar-refractivity contribution is 5.68. The smallest absolute Gasteiger partial charge is 0.305 e. The maximum absolute atomic E-state index is 10.9. The minimum Gasteiger partial charge on any atom is -0.469 e. The number of carbonyl (C=O) groups is 1. The number of hydrogen-bond donors (Lipinski definition) is 1. The first kappa shape index (κ1) is 20.9. The molecule has 1 N–H and O–H groups in total. The Balaban J connectivity index is 3.41. The highest BCUT2D eigenvalue weighted by Gasteiger charge is 2.00. The van der Waals surface area contributed by atoms with Crippen molar-refractivity contribution in [1.82, 2.24) is 0 Å². The van der Waals surface area contributed by atoms with E-state index < -0.39 is 0 Å². The van der Waals surface area contributed by atoms with E-state index in [1.807, 2.05) is 18.2 Å². The Bertz CT molecular complexity index is 308. The molecule has 0 fully saturated rings. The lowest BCUT2D eigenvalue weighted by Gasteiger charge is -2.05. The first-order valence-electron chi connectivity index (χ1n) is 8.79. The molecule has 3 heteroatoms. The summed E-state index contributed by atoms with van der Waals surface area (Å²) in [7, 11) is 1.43. The van der Waals surface area contributed by atoms with Gasteiger partial charge in [-0.1, -0.05) is 69.8 Å². The van der Waals surface area contributed by atoms with Crippen LogP contribution in [0.15, 0.2) is 24.3 Å². The van der Waals surface area contributed by atoms with E-state index in [2.05, 4.69) is 17.7 Å². The second-order valence-electron chi connectivity index (χ2n) is 5.76. The van der Waals surface area contributed by atoms with Crippen LogP contribution in [-0.2, 0) is 9.53 Å². The van der Waals surface area contributed by atoms with E-state index in [-0.39, 0.29) is 12.1 Å². The Morgan fingerprint density at radius 3 is 2.50 bits per heavy atom. The molecule has 0 aliphatic rings. The lowest BCUT2D eigenvalue weighted by molar-refractivity contribution is -0.140. The Kier molecular flexibility index (Phi) is 15.5. The predicted molar refractivity (Wildman–Crippen MR) is 92.8 cm³/mol. The van der Waals surface area contributed by atoms with Crippen LogP contribution in [0.3, 0.4) is 0 Å². The van der Waals surface area contributed by atoms with Gasteiger partial charge in [-0.3, -0.25) is 4.79 Å². The summed E-state index contributed by atoms with van der Waals surface area (Å²) in [6, 6.07) is 0. The third-order valence-corrected chi connectivity index (χ3v) is 3.66. The van der Waals surface area contributed by atoms with Gasteiger partial charge in [0, 0.05) is 6.42 Å². The van der Waals surface area contributed by atoms with Crippen LogP contribution in [0.1, 0.15) is 77.6 Å². The van der Waals surface area contributed by atoms with Crippen molar-refractivity contribution in [3.05, 3.63) is 24.3 Å². The van der Waals surface area contributed by atoms with Gasteiger partial charge in [0.25, 0.3) is 0 Å². The van der Waals surface area contributed by atoms with Crippen LogP contribution in [0.5, 0.6) is 0 Å². The fraction of sp³-hybridized carbons (Fsp3) is 0.737. The largest absolute Gasteiger partial charge is 0.469 e. The molecule has 22 heavy (non-hydrogen) atoms. The molecule has 0 bridgehead atoms. The lowest BCUT2D eigenvalue weighted by atomic mass is 10.1. The van der Waals surface area contributed by atoms with E-state index in [0.29, 0.717) is 6.42 Å². The molecule has 0 rings (SSSR count). The molecule has 3 nitrogen and oxygen atoms in total. The summed E-state index contributed by atoms with van der Waals surface area (Å²) in [5, 5.41) is 9.82. The van der Waals surface area contributed by atoms with Gasteiger partial charge in [0.1, 0.15) is 0 Å². The van der Waals surface area contributed by atoms with Crippen molar-refractivity contribution in [2.45, 2.75) is 83.7 Å². The van der Waals surface area contributed by atoms with E-state index in [1.54, 1.807) is 0 Å².